The summed E-state index contributed by atoms with van der Waals surface area (Å²) in [6, 6.07) is 6.55. The zero-order valence-corrected chi connectivity index (χ0v) is 15.1. The van der Waals surface area contributed by atoms with Crippen molar-refractivity contribution in [3.05, 3.63) is 48.0 Å². The van der Waals surface area contributed by atoms with Crippen molar-refractivity contribution in [1.29, 1.82) is 0 Å². The number of rotatable bonds is 8. The van der Waals surface area contributed by atoms with Gasteiger partial charge in [-0.15, -0.1) is 11.8 Å². The Balaban J connectivity index is 1.81. The number of carbonyl (C=O) groups is 3. The quantitative estimate of drug-likeness (QED) is 0.400. The van der Waals surface area contributed by atoms with Crippen LogP contribution in [-0.2, 0) is 24.8 Å². The third kappa shape index (κ3) is 4.63. The van der Waals surface area contributed by atoms with Gasteiger partial charge in [-0.1, -0.05) is 24.8 Å². The molecule has 1 aliphatic rings. The molecular formula is C18H21NO5S. The normalized spacial score (nSPS) is 17.4. The number of esters is 2. The molecule has 6 nitrogen and oxygen atoms in total. The van der Waals surface area contributed by atoms with E-state index in [4.69, 9.17) is 4.74 Å². The van der Waals surface area contributed by atoms with E-state index in [9.17, 15) is 14.4 Å². The van der Waals surface area contributed by atoms with Gasteiger partial charge in [0.05, 0.1) is 12.7 Å². The van der Waals surface area contributed by atoms with Crippen molar-refractivity contribution in [3.8, 4) is 0 Å². The second kappa shape index (κ2) is 8.71. The Bertz CT molecular complexity index is 658. The lowest BCUT2D eigenvalue weighted by Crippen LogP contribution is -2.60. The highest BCUT2D eigenvalue weighted by Crippen LogP contribution is 2.29. The molecule has 25 heavy (non-hydrogen) atoms. The minimum absolute atomic E-state index is 0.0486. The van der Waals surface area contributed by atoms with Crippen molar-refractivity contribution in [3.63, 3.8) is 0 Å². The van der Waals surface area contributed by atoms with Crippen molar-refractivity contribution in [2.75, 3.05) is 20.3 Å². The number of likely N-dealkylation sites (tertiary alicyclic amines) is 1. The van der Waals surface area contributed by atoms with Gasteiger partial charge >= 0.3 is 11.9 Å². The molecule has 0 saturated carbocycles. The highest BCUT2D eigenvalue weighted by Gasteiger charge is 2.42. The van der Waals surface area contributed by atoms with E-state index >= 15 is 0 Å². The third-order valence-corrected chi connectivity index (χ3v) is 5.16. The minimum Gasteiger partial charge on any atom is -0.467 e. The van der Waals surface area contributed by atoms with E-state index in [0.717, 1.165) is 5.56 Å². The Hall–Kier alpha value is -2.28. The lowest BCUT2D eigenvalue weighted by atomic mass is 10.1. The lowest BCUT2D eigenvalue weighted by molar-refractivity contribution is -0.156. The maximum Gasteiger partial charge on any atom is 0.338 e. The number of β-lactam (4-membered cyclic amide) rings is 1. The molecule has 1 aliphatic heterocycles. The van der Waals surface area contributed by atoms with Crippen molar-refractivity contribution < 1.29 is 23.9 Å². The average molecular weight is 363 g/mol. The molecule has 1 fully saturated rings. The first-order chi connectivity index (χ1) is 12.0. The SMILES string of the molecule is C=CCOC(=O)c1ccc(CSC2CN(C(C)C(=O)OC)C2=O)cc1. The van der Waals surface area contributed by atoms with E-state index in [1.807, 2.05) is 12.1 Å². The molecule has 2 rings (SSSR count). The van der Waals surface area contributed by atoms with Crippen LogP contribution in [0.4, 0.5) is 0 Å². The van der Waals surface area contributed by atoms with Gasteiger partial charge in [-0.3, -0.25) is 4.79 Å². The number of methoxy groups -OCH3 is 1. The zero-order valence-electron chi connectivity index (χ0n) is 14.3. The number of hydrogen-bond acceptors (Lipinski definition) is 6. The molecule has 0 N–H and O–H groups in total. The van der Waals surface area contributed by atoms with Crippen LogP contribution in [0.15, 0.2) is 36.9 Å². The Morgan fingerprint density at radius 2 is 2.08 bits per heavy atom. The van der Waals surface area contributed by atoms with E-state index in [2.05, 4.69) is 11.3 Å². The number of nitrogens with zero attached hydrogens (tertiary/aromatic N) is 1. The molecule has 134 valence electrons. The molecule has 0 aliphatic carbocycles. The summed E-state index contributed by atoms with van der Waals surface area (Å²) in [4.78, 5) is 36.8. The summed E-state index contributed by atoms with van der Waals surface area (Å²) < 4.78 is 9.62. The van der Waals surface area contributed by atoms with Gasteiger partial charge in [0, 0.05) is 12.3 Å². The molecule has 0 aromatic heterocycles. The number of benzene rings is 1. The van der Waals surface area contributed by atoms with E-state index in [-0.39, 0.29) is 23.7 Å². The summed E-state index contributed by atoms with van der Waals surface area (Å²) in [5, 5.41) is -0.149. The maximum absolute atomic E-state index is 12.1. The van der Waals surface area contributed by atoms with Crippen LogP contribution in [0.25, 0.3) is 0 Å². The smallest absolute Gasteiger partial charge is 0.338 e. The largest absolute Gasteiger partial charge is 0.467 e. The van der Waals surface area contributed by atoms with Crippen LogP contribution in [0.1, 0.15) is 22.8 Å². The average Bonchev–Trinajstić information content (AvgIpc) is 2.64. The van der Waals surface area contributed by atoms with Gasteiger partial charge < -0.3 is 14.4 Å². The van der Waals surface area contributed by atoms with Gasteiger partial charge in [-0.05, 0) is 24.6 Å². The van der Waals surface area contributed by atoms with Crippen LogP contribution < -0.4 is 0 Å². The number of thioether (sulfide) groups is 1. The van der Waals surface area contributed by atoms with Crippen LogP contribution in [0.3, 0.4) is 0 Å². The summed E-state index contributed by atoms with van der Waals surface area (Å²) in [5.41, 5.74) is 1.49. The Morgan fingerprint density at radius 3 is 2.64 bits per heavy atom. The molecule has 0 bridgehead atoms. The van der Waals surface area contributed by atoms with Crippen LogP contribution in [0, 0.1) is 0 Å². The summed E-state index contributed by atoms with van der Waals surface area (Å²) in [6.07, 6.45) is 1.52. The number of hydrogen-bond donors (Lipinski definition) is 0. The van der Waals surface area contributed by atoms with Crippen molar-refractivity contribution in [2.24, 2.45) is 0 Å². The maximum atomic E-state index is 12.1. The van der Waals surface area contributed by atoms with Gasteiger partial charge in [-0.2, -0.15) is 0 Å². The minimum atomic E-state index is -0.546. The fourth-order valence-corrected chi connectivity index (χ4v) is 3.47. The molecule has 1 aromatic carbocycles. The third-order valence-electron chi connectivity index (χ3n) is 3.90. The van der Waals surface area contributed by atoms with E-state index < -0.39 is 12.0 Å². The molecule has 1 heterocycles. The molecule has 2 atom stereocenters. The molecular weight excluding hydrogens is 342 g/mol. The Kier molecular flexibility index (Phi) is 6.64. The van der Waals surface area contributed by atoms with Gasteiger partial charge in [-0.25, -0.2) is 9.59 Å². The van der Waals surface area contributed by atoms with Crippen LogP contribution >= 0.6 is 11.8 Å². The first-order valence-corrected chi connectivity index (χ1v) is 8.89. The highest BCUT2D eigenvalue weighted by atomic mass is 32.2. The molecule has 2 unspecified atom stereocenters. The topological polar surface area (TPSA) is 72.9 Å². The van der Waals surface area contributed by atoms with Gasteiger partial charge in [0.2, 0.25) is 5.91 Å². The molecule has 1 amide bonds. The molecule has 0 spiro atoms. The van der Waals surface area contributed by atoms with Crippen LogP contribution in [0.2, 0.25) is 0 Å². The van der Waals surface area contributed by atoms with Gasteiger partial charge in [0.15, 0.2) is 0 Å². The summed E-state index contributed by atoms with van der Waals surface area (Å²) >= 11 is 1.52. The standard InChI is InChI=1S/C18H21NO5S/c1-4-9-24-18(22)14-7-5-13(6-8-14)11-25-15-10-19(16(15)20)12(2)17(21)23-3/h4-8,12,15H,1,9-11H2,2-3H3. The number of ether oxygens (including phenoxy) is 2. The fourth-order valence-electron chi connectivity index (χ4n) is 2.34. The van der Waals surface area contributed by atoms with Crippen molar-refractivity contribution >= 4 is 29.6 Å². The zero-order chi connectivity index (χ0) is 18.4. The molecule has 0 radical (unpaired) electrons. The predicted octanol–water partition coefficient (Wildman–Crippen LogP) is 2.03. The van der Waals surface area contributed by atoms with Crippen LogP contribution in [0.5, 0.6) is 0 Å². The highest BCUT2D eigenvalue weighted by molar-refractivity contribution is 8.00. The second-order valence-electron chi connectivity index (χ2n) is 5.57. The Labute approximate surface area is 151 Å². The predicted molar refractivity (Wildman–Crippen MR) is 95.2 cm³/mol. The fraction of sp³-hybridized carbons (Fsp3) is 0.389. The summed E-state index contributed by atoms with van der Waals surface area (Å²) in [5.74, 6) is -0.192. The monoisotopic (exact) mass is 363 g/mol. The Morgan fingerprint density at radius 1 is 1.40 bits per heavy atom. The molecule has 7 heteroatoms. The number of amides is 1. The number of carbonyl (C=O) groups excluding carboxylic acids is 3. The first kappa shape index (κ1) is 19.1. The van der Waals surface area contributed by atoms with E-state index in [0.29, 0.717) is 17.9 Å². The van der Waals surface area contributed by atoms with Crippen molar-refractivity contribution in [2.45, 2.75) is 24.0 Å². The first-order valence-electron chi connectivity index (χ1n) is 7.84. The summed E-state index contributed by atoms with van der Waals surface area (Å²) in [7, 11) is 1.31. The van der Waals surface area contributed by atoms with Crippen LogP contribution in [-0.4, -0.2) is 54.3 Å². The van der Waals surface area contributed by atoms with E-state index in [1.54, 1.807) is 19.1 Å². The summed E-state index contributed by atoms with van der Waals surface area (Å²) in [6.45, 7) is 5.87. The molecule has 1 saturated heterocycles. The van der Waals surface area contributed by atoms with E-state index in [1.165, 1.54) is 29.8 Å². The van der Waals surface area contributed by atoms with Gasteiger partial charge in [0.1, 0.15) is 17.9 Å². The van der Waals surface area contributed by atoms with Gasteiger partial charge in [0.25, 0.3) is 0 Å². The van der Waals surface area contributed by atoms with Crippen molar-refractivity contribution in [1.82, 2.24) is 4.90 Å². The lowest BCUT2D eigenvalue weighted by Gasteiger charge is -2.40. The second-order valence-corrected chi connectivity index (χ2v) is 6.76. The molecule has 1 aromatic rings.